The molecular weight excluding hydrogens is 257 g/mol. The highest BCUT2D eigenvalue weighted by atomic mass is 19.1. The van der Waals surface area contributed by atoms with E-state index in [9.17, 15) is 4.39 Å². The highest BCUT2D eigenvalue weighted by Crippen LogP contribution is 2.18. The van der Waals surface area contributed by atoms with Crippen molar-refractivity contribution >= 4 is 5.69 Å². The molecule has 0 spiro atoms. The van der Waals surface area contributed by atoms with Crippen molar-refractivity contribution in [1.82, 2.24) is 20.2 Å². The molecule has 1 aromatic carbocycles. The Bertz CT molecular complexity index is 512. The quantitative estimate of drug-likeness (QED) is 0.753. The lowest BCUT2D eigenvalue weighted by molar-refractivity contribution is 0.623. The van der Waals surface area contributed by atoms with E-state index in [0.29, 0.717) is 5.69 Å². The third-order valence-corrected chi connectivity index (χ3v) is 3.16. The topological polar surface area (TPSA) is 55.6 Å². The minimum atomic E-state index is -0.254. The van der Waals surface area contributed by atoms with Crippen molar-refractivity contribution in [2.24, 2.45) is 0 Å². The van der Waals surface area contributed by atoms with Crippen LogP contribution in [0.2, 0.25) is 0 Å². The number of hydrogen-bond acceptors (Lipinski definition) is 4. The first-order chi connectivity index (χ1) is 9.81. The molecule has 0 bridgehead atoms. The molecule has 0 radical (unpaired) electrons. The van der Waals surface area contributed by atoms with Gasteiger partial charge in [0.15, 0.2) is 0 Å². The van der Waals surface area contributed by atoms with Gasteiger partial charge in [-0.2, -0.15) is 0 Å². The van der Waals surface area contributed by atoms with E-state index in [-0.39, 0.29) is 5.82 Å². The standard InChI is InChI=1S/C14H20FN5/c1-2-3-4-5-6-9-16-14-10-12(7-8-13(14)15)20-11-17-18-19-20/h7-8,10-11,16H,2-6,9H2,1H3. The zero-order valence-electron chi connectivity index (χ0n) is 11.7. The molecule has 0 amide bonds. The molecule has 0 aliphatic carbocycles. The molecule has 0 aliphatic heterocycles. The maximum atomic E-state index is 13.7. The number of tetrazole rings is 1. The Balaban J connectivity index is 1.89. The van der Waals surface area contributed by atoms with Gasteiger partial charge in [0.25, 0.3) is 0 Å². The lowest BCUT2D eigenvalue weighted by Crippen LogP contribution is -2.05. The summed E-state index contributed by atoms with van der Waals surface area (Å²) in [6.07, 6.45) is 7.45. The second kappa shape index (κ2) is 7.57. The summed E-state index contributed by atoms with van der Waals surface area (Å²) in [7, 11) is 0. The van der Waals surface area contributed by atoms with Crippen molar-refractivity contribution in [2.45, 2.75) is 39.0 Å². The van der Waals surface area contributed by atoms with Gasteiger partial charge in [0, 0.05) is 6.54 Å². The first-order valence-corrected chi connectivity index (χ1v) is 7.08. The average molecular weight is 277 g/mol. The number of benzene rings is 1. The summed E-state index contributed by atoms with van der Waals surface area (Å²) in [5, 5.41) is 14.1. The van der Waals surface area contributed by atoms with Crippen LogP contribution in [0.1, 0.15) is 39.0 Å². The first kappa shape index (κ1) is 14.4. The Morgan fingerprint density at radius 1 is 1.20 bits per heavy atom. The number of nitrogens with zero attached hydrogens (tertiary/aromatic N) is 4. The zero-order valence-corrected chi connectivity index (χ0v) is 11.7. The van der Waals surface area contributed by atoms with E-state index in [1.54, 1.807) is 12.1 Å². The summed E-state index contributed by atoms with van der Waals surface area (Å²) in [5.74, 6) is -0.254. The fraction of sp³-hybridized carbons (Fsp3) is 0.500. The van der Waals surface area contributed by atoms with Crippen molar-refractivity contribution in [3.05, 3.63) is 30.3 Å². The molecule has 0 saturated carbocycles. The SMILES string of the molecule is CCCCCCCNc1cc(-n2cnnn2)ccc1F. The summed E-state index contributed by atoms with van der Waals surface area (Å²) < 4.78 is 15.2. The molecule has 2 aromatic rings. The maximum absolute atomic E-state index is 13.7. The van der Waals surface area contributed by atoms with Crippen LogP contribution in [-0.2, 0) is 0 Å². The van der Waals surface area contributed by atoms with Crippen molar-refractivity contribution in [2.75, 3.05) is 11.9 Å². The number of anilines is 1. The lowest BCUT2D eigenvalue weighted by atomic mass is 10.1. The van der Waals surface area contributed by atoms with E-state index >= 15 is 0 Å². The molecule has 2 rings (SSSR count). The van der Waals surface area contributed by atoms with Crippen molar-refractivity contribution in [3.63, 3.8) is 0 Å². The van der Waals surface area contributed by atoms with E-state index < -0.39 is 0 Å². The van der Waals surface area contributed by atoms with E-state index in [4.69, 9.17) is 0 Å². The molecule has 0 fully saturated rings. The summed E-state index contributed by atoms with van der Waals surface area (Å²) in [6.45, 7) is 2.97. The van der Waals surface area contributed by atoms with E-state index in [2.05, 4.69) is 27.8 Å². The lowest BCUT2D eigenvalue weighted by Gasteiger charge is -2.09. The van der Waals surface area contributed by atoms with Gasteiger partial charge in [-0.05, 0) is 35.0 Å². The third-order valence-electron chi connectivity index (χ3n) is 3.16. The normalized spacial score (nSPS) is 10.7. The van der Waals surface area contributed by atoms with Crippen LogP contribution in [0.4, 0.5) is 10.1 Å². The predicted octanol–water partition coefficient (Wildman–Crippen LogP) is 3.18. The van der Waals surface area contributed by atoms with Crippen LogP contribution in [0.3, 0.4) is 0 Å². The average Bonchev–Trinajstić information content (AvgIpc) is 2.98. The van der Waals surface area contributed by atoms with Gasteiger partial charge < -0.3 is 5.32 Å². The van der Waals surface area contributed by atoms with Crippen LogP contribution >= 0.6 is 0 Å². The summed E-state index contributed by atoms with van der Waals surface area (Å²) >= 11 is 0. The predicted molar refractivity (Wildman–Crippen MR) is 76.4 cm³/mol. The van der Waals surface area contributed by atoms with Crippen LogP contribution in [0.15, 0.2) is 24.5 Å². The number of halogens is 1. The molecule has 0 saturated heterocycles. The van der Waals surface area contributed by atoms with Crippen molar-refractivity contribution < 1.29 is 4.39 Å². The van der Waals surface area contributed by atoms with E-state index in [1.807, 2.05) is 0 Å². The van der Waals surface area contributed by atoms with Crippen LogP contribution < -0.4 is 5.32 Å². The molecule has 1 heterocycles. The van der Waals surface area contributed by atoms with Crippen LogP contribution in [-0.4, -0.2) is 26.8 Å². The van der Waals surface area contributed by atoms with Gasteiger partial charge in [-0.25, -0.2) is 9.07 Å². The van der Waals surface area contributed by atoms with E-state index in [0.717, 1.165) is 18.7 Å². The van der Waals surface area contributed by atoms with Gasteiger partial charge in [-0.1, -0.05) is 32.6 Å². The number of hydrogen-bond donors (Lipinski definition) is 1. The molecule has 0 unspecified atom stereocenters. The molecular formula is C14H20FN5. The van der Waals surface area contributed by atoms with Crippen LogP contribution in [0, 0.1) is 5.82 Å². The third kappa shape index (κ3) is 4.01. The maximum Gasteiger partial charge on any atom is 0.146 e. The monoisotopic (exact) mass is 277 g/mol. The highest BCUT2D eigenvalue weighted by Gasteiger charge is 2.05. The van der Waals surface area contributed by atoms with Crippen molar-refractivity contribution in [3.8, 4) is 5.69 Å². The molecule has 20 heavy (non-hydrogen) atoms. The number of unbranched alkanes of at least 4 members (excludes halogenated alkanes) is 4. The first-order valence-electron chi connectivity index (χ1n) is 7.08. The van der Waals surface area contributed by atoms with Gasteiger partial charge in [0.1, 0.15) is 12.1 Å². The minimum Gasteiger partial charge on any atom is -0.383 e. The number of rotatable bonds is 8. The van der Waals surface area contributed by atoms with Gasteiger partial charge in [-0.3, -0.25) is 0 Å². The zero-order chi connectivity index (χ0) is 14.2. The Morgan fingerprint density at radius 3 is 2.80 bits per heavy atom. The Morgan fingerprint density at radius 2 is 2.05 bits per heavy atom. The number of nitrogens with one attached hydrogen (secondary N) is 1. The molecule has 0 aliphatic rings. The molecule has 1 aromatic heterocycles. The van der Waals surface area contributed by atoms with E-state index in [1.165, 1.54) is 42.8 Å². The summed E-state index contributed by atoms with van der Waals surface area (Å²) in [5.41, 5.74) is 1.23. The molecule has 6 heteroatoms. The summed E-state index contributed by atoms with van der Waals surface area (Å²) in [6, 6.07) is 4.80. The van der Waals surface area contributed by atoms with Gasteiger partial charge >= 0.3 is 0 Å². The van der Waals surface area contributed by atoms with Gasteiger partial charge in [-0.15, -0.1) is 5.10 Å². The molecule has 5 nitrogen and oxygen atoms in total. The van der Waals surface area contributed by atoms with Crippen molar-refractivity contribution in [1.29, 1.82) is 0 Å². The smallest absolute Gasteiger partial charge is 0.146 e. The fourth-order valence-electron chi connectivity index (χ4n) is 2.02. The largest absolute Gasteiger partial charge is 0.383 e. The Labute approximate surface area is 118 Å². The summed E-state index contributed by atoms with van der Waals surface area (Å²) in [4.78, 5) is 0. The molecule has 1 N–H and O–H groups in total. The van der Waals surface area contributed by atoms with Crippen LogP contribution in [0.25, 0.3) is 5.69 Å². The van der Waals surface area contributed by atoms with Crippen LogP contribution in [0.5, 0.6) is 0 Å². The Kier molecular flexibility index (Phi) is 5.46. The second-order valence-electron chi connectivity index (χ2n) is 4.76. The van der Waals surface area contributed by atoms with Gasteiger partial charge in [0.2, 0.25) is 0 Å². The van der Waals surface area contributed by atoms with Gasteiger partial charge in [0.05, 0.1) is 11.4 Å². The second-order valence-corrected chi connectivity index (χ2v) is 4.76. The Hall–Kier alpha value is -1.98. The molecule has 0 atom stereocenters. The molecule has 108 valence electrons. The fourth-order valence-corrected chi connectivity index (χ4v) is 2.02. The highest BCUT2D eigenvalue weighted by molar-refractivity contribution is 5.51. The minimum absolute atomic E-state index is 0.254. The number of aromatic nitrogens is 4.